The molecule has 100 valence electrons. The van der Waals surface area contributed by atoms with Gasteiger partial charge < -0.3 is 14.9 Å². The summed E-state index contributed by atoms with van der Waals surface area (Å²) in [7, 11) is 0. The summed E-state index contributed by atoms with van der Waals surface area (Å²) in [6.45, 7) is 2.33. The summed E-state index contributed by atoms with van der Waals surface area (Å²) in [5.74, 6) is 1.10. The summed E-state index contributed by atoms with van der Waals surface area (Å²) in [4.78, 5) is 14.3. The van der Waals surface area contributed by atoms with Crippen molar-refractivity contribution >= 4 is 17.4 Å². The maximum absolute atomic E-state index is 10.8. The Labute approximate surface area is 114 Å². The first-order chi connectivity index (χ1) is 9.09. The van der Waals surface area contributed by atoms with Crippen LogP contribution in [0.3, 0.4) is 0 Å². The Morgan fingerprint density at radius 3 is 2.89 bits per heavy atom. The molecule has 2 rings (SSSR count). The van der Waals surface area contributed by atoms with E-state index in [-0.39, 0.29) is 12.4 Å². The van der Waals surface area contributed by atoms with Crippen molar-refractivity contribution < 1.29 is 9.66 Å². The Morgan fingerprint density at radius 1 is 1.47 bits per heavy atom. The molecule has 0 unspecified atom stereocenters. The van der Waals surface area contributed by atoms with Crippen LogP contribution >= 0.6 is 11.6 Å². The van der Waals surface area contributed by atoms with Crippen LogP contribution in [-0.2, 0) is 6.54 Å². The molecule has 2 aromatic rings. The number of nitro groups is 1. The number of aryl methyl sites for hydroxylation is 1. The van der Waals surface area contributed by atoms with E-state index in [0.717, 1.165) is 0 Å². The number of imidazole rings is 1. The zero-order valence-electron chi connectivity index (χ0n) is 10.2. The van der Waals surface area contributed by atoms with Gasteiger partial charge in [-0.2, -0.15) is 0 Å². The molecule has 0 saturated carbocycles. The molecule has 0 spiro atoms. The van der Waals surface area contributed by atoms with Crippen LogP contribution in [0.2, 0.25) is 5.02 Å². The fourth-order valence-corrected chi connectivity index (χ4v) is 1.88. The maximum atomic E-state index is 10.8. The number of halogens is 1. The second-order valence-corrected chi connectivity index (χ2v) is 4.26. The number of hydrogen-bond donors (Lipinski definition) is 0. The molecule has 0 N–H and O–H groups in total. The van der Waals surface area contributed by atoms with E-state index in [4.69, 9.17) is 16.3 Å². The lowest BCUT2D eigenvalue weighted by atomic mass is 10.3. The highest BCUT2D eigenvalue weighted by molar-refractivity contribution is 6.32. The van der Waals surface area contributed by atoms with E-state index in [1.54, 1.807) is 25.1 Å². The minimum Gasteiger partial charge on any atom is -0.488 e. The largest absolute Gasteiger partial charge is 0.488 e. The molecule has 1 heterocycles. The fraction of sp³-hybridized carbons (Fsp3) is 0.250. The smallest absolute Gasteiger partial charge is 0.342 e. The lowest BCUT2D eigenvalue weighted by molar-refractivity contribution is -0.392. The first-order valence-corrected chi connectivity index (χ1v) is 6.01. The minimum absolute atomic E-state index is 0.0414. The number of benzene rings is 1. The molecular formula is C12H12ClN3O3. The van der Waals surface area contributed by atoms with E-state index in [9.17, 15) is 10.1 Å². The standard InChI is InChI=1S/C12H12ClN3O3/c1-9-14-8-12(16(17)18)15(9)6-7-19-11-5-3-2-4-10(11)13/h2-5,8H,6-7H2,1H3. The van der Waals surface area contributed by atoms with Crippen molar-refractivity contribution in [3.8, 4) is 5.75 Å². The second-order valence-electron chi connectivity index (χ2n) is 3.85. The van der Waals surface area contributed by atoms with Gasteiger partial charge in [0.1, 0.15) is 25.1 Å². The average Bonchev–Trinajstić information content (AvgIpc) is 2.74. The Kier molecular flexibility index (Phi) is 4.01. The van der Waals surface area contributed by atoms with Crippen molar-refractivity contribution in [3.63, 3.8) is 0 Å². The molecule has 0 saturated heterocycles. The van der Waals surface area contributed by atoms with Gasteiger partial charge in [0.05, 0.1) is 5.02 Å². The Balaban J connectivity index is 2.02. The van der Waals surface area contributed by atoms with E-state index >= 15 is 0 Å². The highest BCUT2D eigenvalue weighted by atomic mass is 35.5. The molecule has 19 heavy (non-hydrogen) atoms. The van der Waals surface area contributed by atoms with Gasteiger partial charge in [0, 0.05) is 6.92 Å². The number of nitrogens with zero attached hydrogens (tertiary/aromatic N) is 3. The SMILES string of the molecule is Cc1ncc([N+](=O)[O-])n1CCOc1ccccc1Cl. The zero-order chi connectivity index (χ0) is 13.8. The number of aromatic nitrogens is 2. The summed E-state index contributed by atoms with van der Waals surface area (Å²) in [5.41, 5.74) is 0. The van der Waals surface area contributed by atoms with Gasteiger partial charge in [0.2, 0.25) is 0 Å². The van der Waals surface area contributed by atoms with Crippen LogP contribution in [0, 0.1) is 17.0 Å². The first kappa shape index (κ1) is 13.4. The minimum atomic E-state index is -0.463. The van der Waals surface area contributed by atoms with E-state index in [1.807, 2.05) is 6.07 Å². The Morgan fingerprint density at radius 2 is 2.21 bits per heavy atom. The van der Waals surface area contributed by atoms with Crippen LogP contribution in [0.15, 0.2) is 30.5 Å². The lowest BCUT2D eigenvalue weighted by Gasteiger charge is -2.07. The predicted molar refractivity (Wildman–Crippen MR) is 70.6 cm³/mol. The van der Waals surface area contributed by atoms with Crippen LogP contribution in [-0.4, -0.2) is 21.1 Å². The molecule has 0 radical (unpaired) electrons. The normalized spacial score (nSPS) is 10.4. The van der Waals surface area contributed by atoms with Crippen LogP contribution in [0.1, 0.15) is 5.82 Å². The first-order valence-electron chi connectivity index (χ1n) is 5.63. The van der Waals surface area contributed by atoms with Crippen molar-refractivity contribution in [1.29, 1.82) is 0 Å². The molecule has 0 bridgehead atoms. The number of rotatable bonds is 5. The van der Waals surface area contributed by atoms with Crippen LogP contribution in [0.5, 0.6) is 5.75 Å². The number of ether oxygens (including phenoxy) is 1. The Hall–Kier alpha value is -2.08. The van der Waals surface area contributed by atoms with Crippen molar-refractivity contribution in [2.45, 2.75) is 13.5 Å². The molecule has 1 aromatic carbocycles. The summed E-state index contributed by atoms with van der Waals surface area (Å²) in [6, 6.07) is 7.09. The summed E-state index contributed by atoms with van der Waals surface area (Å²) >= 11 is 5.95. The van der Waals surface area contributed by atoms with Crippen LogP contribution < -0.4 is 4.74 Å². The van der Waals surface area contributed by atoms with Gasteiger partial charge in [-0.15, -0.1) is 0 Å². The van der Waals surface area contributed by atoms with E-state index in [1.165, 1.54) is 10.8 Å². The molecular weight excluding hydrogens is 270 g/mol. The highest BCUT2D eigenvalue weighted by Crippen LogP contribution is 2.23. The van der Waals surface area contributed by atoms with Gasteiger partial charge in [0.15, 0.2) is 5.82 Å². The predicted octanol–water partition coefficient (Wildman–Crippen LogP) is 2.83. The average molecular weight is 282 g/mol. The third-order valence-electron chi connectivity index (χ3n) is 2.63. The topological polar surface area (TPSA) is 70.2 Å². The van der Waals surface area contributed by atoms with Crippen LogP contribution in [0.25, 0.3) is 0 Å². The molecule has 1 aromatic heterocycles. The zero-order valence-corrected chi connectivity index (χ0v) is 11.0. The summed E-state index contributed by atoms with van der Waals surface area (Å²) in [5, 5.41) is 11.3. The van der Waals surface area contributed by atoms with Gasteiger partial charge in [-0.1, -0.05) is 23.7 Å². The fourth-order valence-electron chi connectivity index (χ4n) is 1.69. The maximum Gasteiger partial charge on any atom is 0.342 e. The van der Waals surface area contributed by atoms with Gasteiger partial charge >= 0.3 is 5.82 Å². The van der Waals surface area contributed by atoms with Gasteiger partial charge in [-0.25, -0.2) is 9.55 Å². The van der Waals surface area contributed by atoms with Gasteiger partial charge in [-0.05, 0) is 17.1 Å². The molecule has 0 amide bonds. The third-order valence-corrected chi connectivity index (χ3v) is 2.94. The molecule has 0 aliphatic heterocycles. The quantitative estimate of drug-likeness (QED) is 0.624. The van der Waals surface area contributed by atoms with Crippen molar-refractivity contribution in [1.82, 2.24) is 9.55 Å². The van der Waals surface area contributed by atoms with E-state index in [0.29, 0.717) is 23.1 Å². The van der Waals surface area contributed by atoms with Crippen molar-refractivity contribution in [3.05, 3.63) is 51.4 Å². The lowest BCUT2D eigenvalue weighted by Crippen LogP contribution is -2.11. The molecule has 0 aliphatic carbocycles. The molecule has 0 aliphatic rings. The van der Waals surface area contributed by atoms with Crippen molar-refractivity contribution in [2.24, 2.45) is 0 Å². The molecule has 6 nitrogen and oxygen atoms in total. The third kappa shape index (κ3) is 3.03. The summed E-state index contributed by atoms with van der Waals surface area (Å²) in [6.07, 6.45) is 1.24. The van der Waals surface area contributed by atoms with Gasteiger partial charge in [0.25, 0.3) is 0 Å². The van der Waals surface area contributed by atoms with E-state index in [2.05, 4.69) is 4.98 Å². The number of para-hydroxylation sites is 1. The second kappa shape index (κ2) is 5.71. The van der Waals surface area contributed by atoms with Gasteiger partial charge in [-0.3, -0.25) is 0 Å². The molecule has 7 heteroatoms. The van der Waals surface area contributed by atoms with Crippen molar-refractivity contribution in [2.75, 3.05) is 6.61 Å². The highest BCUT2D eigenvalue weighted by Gasteiger charge is 2.17. The Bertz CT molecular complexity index is 598. The van der Waals surface area contributed by atoms with Crippen LogP contribution in [0.4, 0.5) is 5.82 Å². The summed E-state index contributed by atoms with van der Waals surface area (Å²) < 4.78 is 6.99. The molecule has 0 fully saturated rings. The number of hydrogen-bond acceptors (Lipinski definition) is 4. The molecule has 0 atom stereocenters. The monoisotopic (exact) mass is 281 g/mol. The van der Waals surface area contributed by atoms with E-state index < -0.39 is 4.92 Å².